The number of nitrogens with one attached hydrogen (secondary N) is 1. The summed E-state index contributed by atoms with van der Waals surface area (Å²) in [6.45, 7) is 4.03. The molecule has 2 aromatic heterocycles. The fraction of sp³-hybridized carbons (Fsp3) is 0.250. The monoisotopic (exact) mass is 473 g/mol. The quantitative estimate of drug-likeness (QED) is 0.302. The molecule has 4 aromatic rings. The maximum atomic E-state index is 14.5. The van der Waals surface area contributed by atoms with E-state index >= 15 is 0 Å². The van der Waals surface area contributed by atoms with E-state index in [1.165, 1.54) is 12.3 Å². The zero-order valence-corrected chi connectivity index (χ0v) is 19.8. The number of carbonyl (C=O) groups excluding carboxylic acids is 1. The number of furan rings is 1. The number of esters is 1. The molecule has 180 valence electrons. The van der Waals surface area contributed by atoms with Crippen molar-refractivity contribution in [1.29, 1.82) is 0 Å². The Kier molecular flexibility index (Phi) is 7.88. The standard InChI is InChI=1S/C28H28FN3O3/c1-3-20-14-15-21(35-20)17-25(28(33)34-4-2)32-27-24(16-19-10-6-5-7-11-19)31-26(18-30-27)22-12-8-9-13-23(22)29/h5-15,18,25H,3-4,16-17H2,1-2H3,(H,30,32). The Morgan fingerprint density at radius 1 is 1.03 bits per heavy atom. The number of rotatable bonds is 10. The average molecular weight is 474 g/mol. The average Bonchev–Trinajstić information content (AvgIpc) is 3.33. The third-order valence-corrected chi connectivity index (χ3v) is 5.56. The van der Waals surface area contributed by atoms with Gasteiger partial charge in [0.2, 0.25) is 0 Å². The minimum atomic E-state index is -0.728. The van der Waals surface area contributed by atoms with Crippen LogP contribution in [0.5, 0.6) is 0 Å². The number of benzene rings is 2. The van der Waals surface area contributed by atoms with Gasteiger partial charge in [-0.1, -0.05) is 49.4 Å². The Hall–Kier alpha value is -4.00. The summed E-state index contributed by atoms with van der Waals surface area (Å²) in [6, 6.07) is 19.3. The van der Waals surface area contributed by atoms with Crippen molar-refractivity contribution in [3.63, 3.8) is 0 Å². The van der Waals surface area contributed by atoms with Gasteiger partial charge in [0.05, 0.1) is 24.2 Å². The molecule has 2 heterocycles. The maximum Gasteiger partial charge on any atom is 0.329 e. The lowest BCUT2D eigenvalue weighted by molar-refractivity contribution is -0.144. The molecule has 0 aliphatic rings. The first-order valence-corrected chi connectivity index (χ1v) is 11.7. The summed E-state index contributed by atoms with van der Waals surface area (Å²) >= 11 is 0. The van der Waals surface area contributed by atoms with E-state index in [9.17, 15) is 9.18 Å². The van der Waals surface area contributed by atoms with Gasteiger partial charge in [0.1, 0.15) is 29.2 Å². The van der Waals surface area contributed by atoms with Crippen LogP contribution in [0.4, 0.5) is 10.2 Å². The van der Waals surface area contributed by atoms with Crippen molar-refractivity contribution in [3.05, 3.63) is 102 Å². The minimum absolute atomic E-state index is 0.254. The van der Waals surface area contributed by atoms with Crippen LogP contribution < -0.4 is 5.32 Å². The van der Waals surface area contributed by atoms with Crippen molar-refractivity contribution in [2.75, 3.05) is 11.9 Å². The zero-order valence-electron chi connectivity index (χ0n) is 19.8. The van der Waals surface area contributed by atoms with E-state index in [-0.39, 0.29) is 12.4 Å². The van der Waals surface area contributed by atoms with Gasteiger partial charge in [-0.15, -0.1) is 0 Å². The molecule has 1 atom stereocenters. The molecular weight excluding hydrogens is 445 g/mol. The molecule has 0 amide bonds. The first kappa shape index (κ1) is 24.1. The van der Waals surface area contributed by atoms with Crippen LogP contribution in [0.2, 0.25) is 0 Å². The Bertz CT molecular complexity index is 1270. The normalized spacial score (nSPS) is 11.7. The number of aryl methyl sites for hydroxylation is 1. The van der Waals surface area contributed by atoms with Crippen molar-refractivity contribution in [3.8, 4) is 11.3 Å². The summed E-state index contributed by atoms with van der Waals surface area (Å²) in [7, 11) is 0. The smallest absolute Gasteiger partial charge is 0.329 e. The molecule has 0 aliphatic carbocycles. The molecule has 1 unspecified atom stereocenters. The summed E-state index contributed by atoms with van der Waals surface area (Å²) in [5.41, 5.74) is 2.40. The van der Waals surface area contributed by atoms with E-state index in [1.54, 1.807) is 25.1 Å². The van der Waals surface area contributed by atoms with Crippen LogP contribution in [0.25, 0.3) is 11.3 Å². The third kappa shape index (κ3) is 6.12. The SMILES string of the molecule is CCOC(=O)C(Cc1ccc(CC)o1)Nc1ncc(-c2ccccc2F)nc1Cc1ccccc1. The van der Waals surface area contributed by atoms with Crippen LogP contribution in [-0.4, -0.2) is 28.6 Å². The minimum Gasteiger partial charge on any atom is -0.466 e. The van der Waals surface area contributed by atoms with Gasteiger partial charge in [-0.25, -0.2) is 19.2 Å². The van der Waals surface area contributed by atoms with E-state index in [0.29, 0.717) is 41.4 Å². The van der Waals surface area contributed by atoms with E-state index in [1.807, 2.05) is 49.4 Å². The van der Waals surface area contributed by atoms with Gasteiger partial charge in [0, 0.05) is 24.8 Å². The predicted molar refractivity (Wildman–Crippen MR) is 133 cm³/mol. The lowest BCUT2D eigenvalue weighted by Crippen LogP contribution is -2.34. The van der Waals surface area contributed by atoms with E-state index in [4.69, 9.17) is 14.1 Å². The van der Waals surface area contributed by atoms with E-state index in [2.05, 4.69) is 10.3 Å². The van der Waals surface area contributed by atoms with Gasteiger partial charge < -0.3 is 14.5 Å². The molecule has 6 nitrogen and oxygen atoms in total. The zero-order chi connectivity index (χ0) is 24.6. The first-order chi connectivity index (χ1) is 17.1. The molecule has 2 aromatic carbocycles. The van der Waals surface area contributed by atoms with Gasteiger partial charge >= 0.3 is 5.97 Å². The van der Waals surface area contributed by atoms with Crippen molar-refractivity contribution in [1.82, 2.24) is 9.97 Å². The number of hydrogen-bond donors (Lipinski definition) is 1. The number of anilines is 1. The highest BCUT2D eigenvalue weighted by Gasteiger charge is 2.24. The van der Waals surface area contributed by atoms with Crippen molar-refractivity contribution >= 4 is 11.8 Å². The predicted octanol–water partition coefficient (Wildman–Crippen LogP) is 5.62. The van der Waals surface area contributed by atoms with Crippen LogP contribution in [-0.2, 0) is 28.8 Å². The van der Waals surface area contributed by atoms with Crippen LogP contribution in [0.1, 0.15) is 36.6 Å². The highest BCUT2D eigenvalue weighted by molar-refractivity contribution is 5.79. The van der Waals surface area contributed by atoms with Gasteiger partial charge in [-0.05, 0) is 36.8 Å². The number of carbonyl (C=O) groups is 1. The van der Waals surface area contributed by atoms with Crippen molar-refractivity contribution in [2.45, 2.75) is 39.2 Å². The molecule has 0 fully saturated rings. The van der Waals surface area contributed by atoms with E-state index in [0.717, 1.165) is 17.7 Å². The number of hydrogen-bond acceptors (Lipinski definition) is 6. The topological polar surface area (TPSA) is 77.2 Å². The highest BCUT2D eigenvalue weighted by Crippen LogP contribution is 2.25. The lowest BCUT2D eigenvalue weighted by Gasteiger charge is -2.19. The summed E-state index contributed by atoms with van der Waals surface area (Å²) in [5, 5.41) is 3.22. The molecule has 0 bridgehead atoms. The summed E-state index contributed by atoms with van der Waals surface area (Å²) in [6.07, 6.45) is 3.02. The van der Waals surface area contributed by atoms with Crippen LogP contribution in [0.15, 0.2) is 77.3 Å². The Balaban J connectivity index is 1.69. The fourth-order valence-electron chi connectivity index (χ4n) is 3.78. The molecule has 0 spiro atoms. The summed E-state index contributed by atoms with van der Waals surface area (Å²) in [4.78, 5) is 22.1. The number of aromatic nitrogens is 2. The molecular formula is C28H28FN3O3. The van der Waals surface area contributed by atoms with Gasteiger partial charge in [-0.2, -0.15) is 0 Å². The first-order valence-electron chi connectivity index (χ1n) is 11.7. The summed E-state index contributed by atoms with van der Waals surface area (Å²) in [5.74, 6) is 1.18. The molecule has 1 N–H and O–H groups in total. The Morgan fingerprint density at radius 3 is 2.49 bits per heavy atom. The molecule has 4 rings (SSSR count). The lowest BCUT2D eigenvalue weighted by atomic mass is 10.1. The maximum absolute atomic E-state index is 14.5. The molecule has 0 radical (unpaired) electrons. The molecule has 0 saturated carbocycles. The number of halogens is 1. The largest absolute Gasteiger partial charge is 0.466 e. The summed E-state index contributed by atoms with van der Waals surface area (Å²) < 4.78 is 25.6. The second kappa shape index (κ2) is 11.4. The molecule has 35 heavy (non-hydrogen) atoms. The van der Waals surface area contributed by atoms with Gasteiger partial charge in [-0.3, -0.25) is 0 Å². The van der Waals surface area contributed by atoms with Crippen molar-refractivity contribution < 1.29 is 18.3 Å². The molecule has 7 heteroatoms. The number of ether oxygens (including phenoxy) is 1. The van der Waals surface area contributed by atoms with Crippen LogP contribution in [0.3, 0.4) is 0 Å². The highest BCUT2D eigenvalue weighted by atomic mass is 19.1. The number of nitrogens with zero attached hydrogens (tertiary/aromatic N) is 2. The third-order valence-electron chi connectivity index (χ3n) is 5.56. The second-order valence-electron chi connectivity index (χ2n) is 8.07. The molecule has 0 aliphatic heterocycles. The fourth-order valence-corrected chi connectivity index (χ4v) is 3.78. The van der Waals surface area contributed by atoms with Gasteiger partial charge in [0.15, 0.2) is 0 Å². The van der Waals surface area contributed by atoms with Crippen LogP contribution in [0, 0.1) is 5.82 Å². The molecule has 0 saturated heterocycles. The Labute approximate surface area is 204 Å². The van der Waals surface area contributed by atoms with Crippen molar-refractivity contribution in [2.24, 2.45) is 0 Å². The van der Waals surface area contributed by atoms with E-state index < -0.39 is 12.0 Å². The van der Waals surface area contributed by atoms with Crippen LogP contribution >= 0.6 is 0 Å². The second-order valence-corrected chi connectivity index (χ2v) is 8.07. The Morgan fingerprint density at radius 2 is 1.77 bits per heavy atom. The van der Waals surface area contributed by atoms with Gasteiger partial charge in [0.25, 0.3) is 0 Å².